The van der Waals surface area contributed by atoms with Gasteiger partial charge in [-0.25, -0.2) is 0 Å². The van der Waals surface area contributed by atoms with E-state index in [0.29, 0.717) is 5.56 Å². The lowest BCUT2D eigenvalue weighted by atomic mass is 10.2. The van der Waals surface area contributed by atoms with Crippen LogP contribution in [0.3, 0.4) is 0 Å². The van der Waals surface area contributed by atoms with Gasteiger partial charge in [-0.2, -0.15) is 0 Å². The molecule has 0 spiro atoms. The zero-order valence-electron chi connectivity index (χ0n) is 10.9. The molecule has 3 heteroatoms. The highest BCUT2D eigenvalue weighted by atomic mass is 16.1. The van der Waals surface area contributed by atoms with Gasteiger partial charge in [0.25, 0.3) is 5.91 Å². The molecule has 0 aliphatic rings. The quantitative estimate of drug-likeness (QED) is 0.766. The first-order valence-electron chi connectivity index (χ1n) is 6.43. The van der Waals surface area contributed by atoms with E-state index in [1.807, 2.05) is 71.6 Å². The van der Waals surface area contributed by atoms with Gasteiger partial charge in [0, 0.05) is 29.3 Å². The predicted octanol–water partition coefficient (Wildman–Crippen LogP) is 3.73. The Labute approximate surface area is 117 Å². The second kappa shape index (κ2) is 5.45. The number of carbonyl (C=O) groups excluding carboxylic acids is 1. The summed E-state index contributed by atoms with van der Waals surface area (Å²) >= 11 is 0. The molecule has 1 N–H and O–H groups in total. The highest BCUT2D eigenvalue weighted by molar-refractivity contribution is 6.04. The minimum absolute atomic E-state index is 0.0979. The average molecular weight is 262 g/mol. The number of nitrogens with one attached hydrogen (secondary N) is 1. The number of amides is 1. The topological polar surface area (TPSA) is 34.0 Å². The zero-order chi connectivity index (χ0) is 13.8. The second-order valence-electron chi connectivity index (χ2n) is 4.46. The van der Waals surface area contributed by atoms with E-state index in [-0.39, 0.29) is 5.91 Å². The van der Waals surface area contributed by atoms with Gasteiger partial charge in [-0.15, -0.1) is 0 Å². The van der Waals surface area contributed by atoms with Crippen molar-refractivity contribution >= 4 is 11.6 Å². The zero-order valence-corrected chi connectivity index (χ0v) is 10.9. The third-order valence-electron chi connectivity index (χ3n) is 3.06. The minimum Gasteiger partial charge on any atom is -0.324 e. The number of benzene rings is 2. The molecule has 0 saturated carbocycles. The molecule has 0 atom stereocenters. The Hall–Kier alpha value is -2.81. The van der Waals surface area contributed by atoms with E-state index >= 15 is 0 Å². The molecule has 3 rings (SSSR count). The average Bonchev–Trinajstić information content (AvgIpc) is 3.03. The maximum Gasteiger partial charge on any atom is 0.255 e. The number of hydrogen-bond acceptors (Lipinski definition) is 1. The molecule has 0 unspecified atom stereocenters. The molecule has 0 radical (unpaired) electrons. The lowest BCUT2D eigenvalue weighted by Crippen LogP contribution is -2.11. The van der Waals surface area contributed by atoms with Gasteiger partial charge < -0.3 is 9.88 Å². The van der Waals surface area contributed by atoms with Crippen LogP contribution < -0.4 is 5.32 Å². The standard InChI is InChI=1S/C17H14N2O/c20-17(14-6-2-1-3-7-14)18-15-8-10-16(11-9-15)19-12-4-5-13-19/h1-13H,(H,18,20). The fraction of sp³-hybridized carbons (Fsp3) is 0. The fourth-order valence-electron chi connectivity index (χ4n) is 2.02. The van der Waals surface area contributed by atoms with Crippen LogP contribution in [0.1, 0.15) is 10.4 Å². The van der Waals surface area contributed by atoms with E-state index in [9.17, 15) is 4.79 Å². The Morgan fingerprint density at radius 1 is 0.800 bits per heavy atom. The monoisotopic (exact) mass is 262 g/mol. The summed E-state index contributed by atoms with van der Waals surface area (Å²) in [5.41, 5.74) is 2.50. The number of rotatable bonds is 3. The van der Waals surface area contributed by atoms with Gasteiger partial charge in [0.15, 0.2) is 0 Å². The van der Waals surface area contributed by atoms with Gasteiger partial charge in [0.1, 0.15) is 0 Å². The van der Waals surface area contributed by atoms with Crippen LogP contribution in [-0.4, -0.2) is 10.5 Å². The van der Waals surface area contributed by atoms with Crippen LogP contribution in [0.5, 0.6) is 0 Å². The van der Waals surface area contributed by atoms with Gasteiger partial charge in [0.05, 0.1) is 0 Å². The Morgan fingerprint density at radius 2 is 1.45 bits per heavy atom. The van der Waals surface area contributed by atoms with E-state index in [1.54, 1.807) is 12.1 Å². The fourth-order valence-corrected chi connectivity index (χ4v) is 2.02. The summed E-state index contributed by atoms with van der Waals surface area (Å²) in [7, 11) is 0. The van der Waals surface area contributed by atoms with E-state index in [2.05, 4.69) is 5.32 Å². The highest BCUT2D eigenvalue weighted by Gasteiger charge is 2.04. The summed E-state index contributed by atoms with van der Waals surface area (Å²) < 4.78 is 2.02. The maximum absolute atomic E-state index is 12.0. The Bertz CT molecular complexity index is 686. The first-order valence-corrected chi connectivity index (χ1v) is 6.43. The van der Waals surface area contributed by atoms with Gasteiger partial charge in [0.2, 0.25) is 0 Å². The van der Waals surface area contributed by atoms with Crippen molar-refractivity contribution < 1.29 is 4.79 Å². The molecule has 98 valence electrons. The first kappa shape index (κ1) is 12.2. The van der Waals surface area contributed by atoms with E-state index in [0.717, 1.165) is 11.4 Å². The lowest BCUT2D eigenvalue weighted by Gasteiger charge is -2.07. The molecule has 0 aliphatic heterocycles. The van der Waals surface area contributed by atoms with E-state index in [4.69, 9.17) is 0 Å². The van der Waals surface area contributed by atoms with Crippen LogP contribution in [0.25, 0.3) is 5.69 Å². The number of aromatic nitrogens is 1. The van der Waals surface area contributed by atoms with Crippen molar-refractivity contribution in [1.29, 1.82) is 0 Å². The number of anilines is 1. The summed E-state index contributed by atoms with van der Waals surface area (Å²) in [6.07, 6.45) is 3.97. The van der Waals surface area contributed by atoms with Crippen molar-refractivity contribution in [3.63, 3.8) is 0 Å². The minimum atomic E-state index is -0.0979. The molecule has 20 heavy (non-hydrogen) atoms. The van der Waals surface area contributed by atoms with Crippen LogP contribution in [0.4, 0.5) is 5.69 Å². The molecule has 3 nitrogen and oxygen atoms in total. The number of nitrogens with zero attached hydrogens (tertiary/aromatic N) is 1. The van der Waals surface area contributed by atoms with Gasteiger partial charge >= 0.3 is 0 Å². The summed E-state index contributed by atoms with van der Waals surface area (Å²) in [6, 6.07) is 20.9. The highest BCUT2D eigenvalue weighted by Crippen LogP contribution is 2.14. The van der Waals surface area contributed by atoms with Crippen LogP contribution in [-0.2, 0) is 0 Å². The van der Waals surface area contributed by atoms with Crippen LogP contribution in [0.15, 0.2) is 79.1 Å². The normalized spacial score (nSPS) is 10.2. The first-order chi connectivity index (χ1) is 9.83. The summed E-state index contributed by atoms with van der Waals surface area (Å²) in [5.74, 6) is -0.0979. The Balaban J connectivity index is 1.74. The van der Waals surface area contributed by atoms with Crippen LogP contribution in [0, 0.1) is 0 Å². The van der Waals surface area contributed by atoms with Crippen LogP contribution in [0.2, 0.25) is 0 Å². The van der Waals surface area contributed by atoms with Crippen molar-refractivity contribution in [2.75, 3.05) is 5.32 Å². The van der Waals surface area contributed by atoms with Crippen molar-refractivity contribution in [3.8, 4) is 5.69 Å². The van der Waals surface area contributed by atoms with Crippen molar-refractivity contribution in [2.24, 2.45) is 0 Å². The van der Waals surface area contributed by atoms with Gasteiger partial charge in [-0.05, 0) is 48.5 Å². The molecule has 1 heterocycles. The largest absolute Gasteiger partial charge is 0.324 e. The van der Waals surface area contributed by atoms with Crippen LogP contribution >= 0.6 is 0 Å². The predicted molar refractivity (Wildman–Crippen MR) is 80.2 cm³/mol. The Morgan fingerprint density at radius 3 is 2.10 bits per heavy atom. The Kier molecular flexibility index (Phi) is 3.33. The molecular formula is C17H14N2O. The summed E-state index contributed by atoms with van der Waals surface area (Å²) in [4.78, 5) is 12.0. The van der Waals surface area contributed by atoms with Crippen molar-refractivity contribution in [2.45, 2.75) is 0 Å². The number of carbonyl (C=O) groups is 1. The molecule has 1 amide bonds. The molecule has 1 aromatic heterocycles. The molecule has 0 fully saturated rings. The third-order valence-corrected chi connectivity index (χ3v) is 3.06. The van der Waals surface area contributed by atoms with Crippen molar-refractivity contribution in [1.82, 2.24) is 4.57 Å². The molecule has 3 aromatic rings. The molecule has 0 bridgehead atoms. The van der Waals surface area contributed by atoms with E-state index in [1.165, 1.54) is 0 Å². The van der Waals surface area contributed by atoms with Gasteiger partial charge in [-0.3, -0.25) is 4.79 Å². The SMILES string of the molecule is O=C(Nc1ccc(-n2cccc2)cc1)c1ccccc1. The van der Waals surface area contributed by atoms with E-state index < -0.39 is 0 Å². The maximum atomic E-state index is 12.0. The van der Waals surface area contributed by atoms with Gasteiger partial charge in [-0.1, -0.05) is 18.2 Å². The summed E-state index contributed by atoms with van der Waals surface area (Å²) in [6.45, 7) is 0. The molecule has 2 aromatic carbocycles. The summed E-state index contributed by atoms with van der Waals surface area (Å²) in [5, 5.41) is 2.88. The lowest BCUT2D eigenvalue weighted by molar-refractivity contribution is 0.102. The molecule has 0 saturated heterocycles. The number of hydrogen-bond donors (Lipinski definition) is 1. The molecular weight excluding hydrogens is 248 g/mol. The molecule has 0 aliphatic carbocycles. The van der Waals surface area contributed by atoms with Crippen molar-refractivity contribution in [3.05, 3.63) is 84.7 Å². The third kappa shape index (κ3) is 2.62. The second-order valence-corrected chi connectivity index (χ2v) is 4.46. The smallest absolute Gasteiger partial charge is 0.255 e.